The van der Waals surface area contributed by atoms with Crippen molar-refractivity contribution in [3.05, 3.63) is 35.2 Å². The quantitative estimate of drug-likeness (QED) is 0.759. The standard InChI is InChI=1S/C18H20N2OS2/c1-19-9-7-12(8-10-19)20(2)18(21)16-11-15-17(23-16)13-5-3-4-6-14(13)22-15/h3-6,11-12H,7-10H2,1-2H3/p+1. The highest BCUT2D eigenvalue weighted by Gasteiger charge is 2.27. The van der Waals surface area contributed by atoms with E-state index in [4.69, 9.17) is 0 Å². The molecule has 1 N–H and O–H groups in total. The summed E-state index contributed by atoms with van der Waals surface area (Å²) >= 11 is 3.43. The second-order valence-electron chi connectivity index (χ2n) is 6.51. The Hall–Kier alpha value is -1.43. The van der Waals surface area contributed by atoms with Crippen LogP contribution in [0, 0.1) is 0 Å². The number of likely N-dealkylation sites (tertiary alicyclic amines) is 1. The maximum Gasteiger partial charge on any atom is 0.263 e. The van der Waals surface area contributed by atoms with E-state index in [1.807, 2.05) is 11.9 Å². The minimum atomic E-state index is 0.187. The molecule has 1 fully saturated rings. The van der Waals surface area contributed by atoms with E-state index < -0.39 is 0 Å². The van der Waals surface area contributed by atoms with Crippen LogP contribution in [-0.4, -0.2) is 44.0 Å². The number of amides is 1. The summed E-state index contributed by atoms with van der Waals surface area (Å²) in [5.41, 5.74) is 0. The predicted octanol–water partition coefficient (Wildman–Crippen LogP) is 2.87. The normalized spacial score (nSPS) is 21.8. The Bertz CT molecular complexity index is 858. The van der Waals surface area contributed by atoms with E-state index in [0.717, 1.165) is 30.8 Å². The third-order valence-electron chi connectivity index (χ3n) is 4.94. The number of rotatable bonds is 2. The van der Waals surface area contributed by atoms with Crippen molar-refractivity contribution in [1.82, 2.24) is 4.90 Å². The summed E-state index contributed by atoms with van der Waals surface area (Å²) < 4.78 is 3.80. The Morgan fingerprint density at radius 1 is 1.17 bits per heavy atom. The summed E-state index contributed by atoms with van der Waals surface area (Å²) in [5.74, 6) is 0.187. The maximum atomic E-state index is 12.9. The van der Waals surface area contributed by atoms with Gasteiger partial charge in [0.15, 0.2) is 0 Å². The van der Waals surface area contributed by atoms with Crippen LogP contribution in [0.4, 0.5) is 0 Å². The lowest BCUT2D eigenvalue weighted by molar-refractivity contribution is -0.885. The Morgan fingerprint density at radius 3 is 2.70 bits per heavy atom. The molecule has 3 aromatic rings. The molecule has 120 valence electrons. The molecule has 0 atom stereocenters. The van der Waals surface area contributed by atoms with Crippen molar-refractivity contribution in [2.45, 2.75) is 18.9 Å². The van der Waals surface area contributed by atoms with E-state index in [-0.39, 0.29) is 5.91 Å². The first-order valence-electron chi connectivity index (χ1n) is 8.13. The fraction of sp³-hybridized carbons (Fsp3) is 0.389. The molecule has 4 rings (SSSR count). The van der Waals surface area contributed by atoms with Crippen LogP contribution in [0.5, 0.6) is 0 Å². The number of hydrogen-bond acceptors (Lipinski definition) is 3. The monoisotopic (exact) mass is 345 g/mol. The van der Waals surface area contributed by atoms with Gasteiger partial charge in [0.25, 0.3) is 5.91 Å². The van der Waals surface area contributed by atoms with E-state index in [0.29, 0.717) is 6.04 Å². The van der Waals surface area contributed by atoms with Crippen molar-refractivity contribution in [3.63, 3.8) is 0 Å². The van der Waals surface area contributed by atoms with Crippen molar-refractivity contribution in [1.29, 1.82) is 0 Å². The average molecular weight is 346 g/mol. The number of fused-ring (bicyclic) bond motifs is 3. The molecule has 3 nitrogen and oxygen atoms in total. The number of carbonyl (C=O) groups excluding carboxylic acids is 1. The van der Waals surface area contributed by atoms with Gasteiger partial charge in [-0.15, -0.1) is 22.7 Å². The number of hydrogen-bond donors (Lipinski definition) is 1. The molecule has 1 saturated heterocycles. The topological polar surface area (TPSA) is 24.8 Å². The van der Waals surface area contributed by atoms with Gasteiger partial charge in [0.05, 0.1) is 29.7 Å². The van der Waals surface area contributed by atoms with Gasteiger partial charge in [-0.25, -0.2) is 0 Å². The Labute approximate surface area is 144 Å². The molecule has 1 aliphatic rings. The SMILES string of the molecule is CN(C(=O)c1cc2sc3ccccc3c2s1)C1CC[NH+](C)CC1. The Kier molecular flexibility index (Phi) is 3.87. The summed E-state index contributed by atoms with van der Waals surface area (Å²) in [7, 11) is 4.20. The van der Waals surface area contributed by atoms with Gasteiger partial charge in [0.2, 0.25) is 0 Å². The highest BCUT2D eigenvalue weighted by Crippen LogP contribution is 2.39. The summed E-state index contributed by atoms with van der Waals surface area (Å²) in [5, 5.41) is 1.28. The number of piperidine rings is 1. The van der Waals surface area contributed by atoms with Crippen molar-refractivity contribution in [3.8, 4) is 0 Å². The van der Waals surface area contributed by atoms with Crippen LogP contribution >= 0.6 is 22.7 Å². The number of benzene rings is 1. The van der Waals surface area contributed by atoms with Crippen LogP contribution in [0.25, 0.3) is 19.5 Å². The van der Waals surface area contributed by atoms with Crippen molar-refractivity contribution < 1.29 is 9.69 Å². The summed E-state index contributed by atoms with van der Waals surface area (Å²) in [4.78, 5) is 17.3. The molecule has 0 aliphatic carbocycles. The second kappa shape index (κ2) is 5.89. The number of carbonyl (C=O) groups is 1. The van der Waals surface area contributed by atoms with Crippen LogP contribution in [0.2, 0.25) is 0 Å². The van der Waals surface area contributed by atoms with E-state index in [1.54, 1.807) is 27.6 Å². The fourth-order valence-electron chi connectivity index (χ4n) is 3.43. The van der Waals surface area contributed by atoms with Crippen molar-refractivity contribution >= 4 is 48.1 Å². The molecule has 0 radical (unpaired) electrons. The molecular formula is C18H21N2OS2+. The van der Waals surface area contributed by atoms with Gasteiger partial charge in [-0.2, -0.15) is 0 Å². The largest absolute Gasteiger partial charge is 0.338 e. The zero-order valence-corrected chi connectivity index (χ0v) is 15.1. The zero-order chi connectivity index (χ0) is 16.0. The van der Waals surface area contributed by atoms with Crippen LogP contribution in [0.15, 0.2) is 30.3 Å². The van der Waals surface area contributed by atoms with Gasteiger partial charge in [-0.05, 0) is 12.1 Å². The first kappa shape index (κ1) is 15.1. The molecule has 1 amide bonds. The molecule has 0 bridgehead atoms. The molecule has 23 heavy (non-hydrogen) atoms. The zero-order valence-electron chi connectivity index (χ0n) is 13.5. The smallest absolute Gasteiger partial charge is 0.263 e. The second-order valence-corrected chi connectivity index (χ2v) is 8.64. The average Bonchev–Trinajstić information content (AvgIpc) is 3.12. The van der Waals surface area contributed by atoms with E-state index in [1.165, 1.54) is 19.5 Å². The highest BCUT2D eigenvalue weighted by atomic mass is 32.1. The van der Waals surface area contributed by atoms with Crippen LogP contribution < -0.4 is 4.90 Å². The van der Waals surface area contributed by atoms with Crippen molar-refractivity contribution in [2.75, 3.05) is 27.2 Å². The molecule has 3 heterocycles. The minimum absolute atomic E-state index is 0.187. The van der Waals surface area contributed by atoms with Gasteiger partial charge in [0, 0.05) is 40.7 Å². The number of quaternary nitrogens is 1. The molecule has 1 aliphatic heterocycles. The van der Waals surface area contributed by atoms with Gasteiger partial charge < -0.3 is 9.80 Å². The summed E-state index contributed by atoms with van der Waals surface area (Å²) in [6.45, 7) is 2.32. The minimum Gasteiger partial charge on any atom is -0.338 e. The van der Waals surface area contributed by atoms with Crippen LogP contribution in [0.1, 0.15) is 22.5 Å². The van der Waals surface area contributed by atoms with Gasteiger partial charge in [-0.1, -0.05) is 18.2 Å². The first-order valence-corrected chi connectivity index (χ1v) is 9.76. The number of nitrogens with zero attached hydrogens (tertiary/aromatic N) is 1. The lowest BCUT2D eigenvalue weighted by atomic mass is 10.0. The van der Waals surface area contributed by atoms with E-state index in [2.05, 4.69) is 37.4 Å². The summed E-state index contributed by atoms with van der Waals surface area (Å²) in [6, 6.07) is 10.9. The van der Waals surface area contributed by atoms with Gasteiger partial charge in [-0.3, -0.25) is 4.79 Å². The molecule has 5 heteroatoms. The first-order chi connectivity index (χ1) is 11.1. The van der Waals surface area contributed by atoms with E-state index in [9.17, 15) is 4.79 Å². The van der Waals surface area contributed by atoms with E-state index >= 15 is 0 Å². The number of nitrogens with one attached hydrogen (secondary N) is 1. The molecule has 2 aromatic heterocycles. The maximum absolute atomic E-state index is 12.9. The fourth-order valence-corrected chi connectivity index (χ4v) is 5.93. The molecular weight excluding hydrogens is 324 g/mol. The Balaban J connectivity index is 1.61. The predicted molar refractivity (Wildman–Crippen MR) is 98.9 cm³/mol. The lowest BCUT2D eigenvalue weighted by Crippen LogP contribution is -3.10. The third kappa shape index (κ3) is 2.67. The Morgan fingerprint density at radius 2 is 1.91 bits per heavy atom. The lowest BCUT2D eigenvalue weighted by Gasteiger charge is -2.33. The number of thiophene rings is 2. The van der Waals surface area contributed by atoms with Gasteiger partial charge >= 0.3 is 0 Å². The van der Waals surface area contributed by atoms with Crippen LogP contribution in [-0.2, 0) is 0 Å². The highest BCUT2D eigenvalue weighted by molar-refractivity contribution is 7.33. The van der Waals surface area contributed by atoms with Crippen molar-refractivity contribution in [2.24, 2.45) is 0 Å². The molecule has 1 aromatic carbocycles. The third-order valence-corrected chi connectivity index (χ3v) is 7.34. The molecule has 0 unspecified atom stereocenters. The molecule has 0 spiro atoms. The molecule has 0 saturated carbocycles. The summed E-state index contributed by atoms with van der Waals surface area (Å²) in [6.07, 6.45) is 2.22. The van der Waals surface area contributed by atoms with Crippen LogP contribution in [0.3, 0.4) is 0 Å². The van der Waals surface area contributed by atoms with Gasteiger partial charge in [0.1, 0.15) is 0 Å².